The quantitative estimate of drug-likeness (QED) is 0.0341. The SMILES string of the molecule is CCCCCC/C=C/CCCCCCCCCCCC(=O)OC[C@H](COP(=O)(O)O)OC(=O)CCCCCCCCC. The van der Waals surface area contributed by atoms with Crippen LogP contribution in [0.25, 0.3) is 0 Å². The van der Waals surface area contributed by atoms with Gasteiger partial charge in [-0.25, -0.2) is 4.57 Å². The Morgan fingerprint density at radius 2 is 1.00 bits per heavy atom. The maximum atomic E-state index is 12.2. The van der Waals surface area contributed by atoms with Gasteiger partial charge < -0.3 is 19.3 Å². The van der Waals surface area contributed by atoms with Crippen LogP contribution in [-0.4, -0.2) is 41.0 Å². The van der Waals surface area contributed by atoms with Gasteiger partial charge in [-0.3, -0.25) is 14.1 Å². The molecule has 0 saturated carbocycles. The molecule has 42 heavy (non-hydrogen) atoms. The molecule has 0 fully saturated rings. The van der Waals surface area contributed by atoms with Gasteiger partial charge in [-0.2, -0.15) is 0 Å². The Morgan fingerprint density at radius 3 is 1.48 bits per heavy atom. The number of phosphoric acid groups is 1. The summed E-state index contributed by atoms with van der Waals surface area (Å²) < 4.78 is 26.1. The molecular formula is C33H63O8P. The van der Waals surface area contributed by atoms with Gasteiger partial charge in [0.15, 0.2) is 6.10 Å². The minimum absolute atomic E-state index is 0.213. The lowest BCUT2D eigenvalue weighted by Gasteiger charge is -2.18. The Morgan fingerprint density at radius 1 is 0.595 bits per heavy atom. The third-order valence-corrected chi connectivity index (χ3v) is 7.77. The molecule has 8 nitrogen and oxygen atoms in total. The molecule has 0 amide bonds. The van der Waals surface area contributed by atoms with E-state index in [9.17, 15) is 14.2 Å². The third kappa shape index (κ3) is 31.7. The molecule has 0 rings (SSSR count). The Bertz CT molecular complexity index is 706. The number of carbonyl (C=O) groups is 2. The molecule has 0 aliphatic heterocycles. The highest BCUT2D eigenvalue weighted by molar-refractivity contribution is 7.46. The second-order valence-corrected chi connectivity index (χ2v) is 12.7. The average Bonchev–Trinajstić information content (AvgIpc) is 2.95. The van der Waals surface area contributed by atoms with Crippen molar-refractivity contribution in [3.05, 3.63) is 12.2 Å². The van der Waals surface area contributed by atoms with Gasteiger partial charge in [0.2, 0.25) is 0 Å². The summed E-state index contributed by atoms with van der Waals surface area (Å²) in [4.78, 5) is 42.3. The Balaban J connectivity index is 3.89. The van der Waals surface area contributed by atoms with E-state index in [2.05, 4.69) is 30.5 Å². The molecule has 0 radical (unpaired) electrons. The van der Waals surface area contributed by atoms with Gasteiger partial charge in [0.25, 0.3) is 0 Å². The van der Waals surface area contributed by atoms with Crippen LogP contribution in [0.3, 0.4) is 0 Å². The number of hydrogen-bond donors (Lipinski definition) is 2. The molecule has 2 N–H and O–H groups in total. The minimum Gasteiger partial charge on any atom is -0.462 e. The molecule has 1 atom stereocenters. The lowest BCUT2D eigenvalue weighted by molar-refractivity contribution is -0.161. The van der Waals surface area contributed by atoms with Crippen LogP contribution in [-0.2, 0) is 28.2 Å². The van der Waals surface area contributed by atoms with E-state index in [-0.39, 0.29) is 19.4 Å². The molecule has 0 aliphatic carbocycles. The Kier molecular flexibility index (Phi) is 29.0. The van der Waals surface area contributed by atoms with Crippen LogP contribution in [0.4, 0.5) is 0 Å². The molecule has 0 bridgehead atoms. The summed E-state index contributed by atoms with van der Waals surface area (Å²) in [6.45, 7) is 3.60. The molecule has 0 aromatic rings. The smallest absolute Gasteiger partial charge is 0.462 e. The second kappa shape index (κ2) is 29.8. The van der Waals surface area contributed by atoms with Crippen molar-refractivity contribution in [2.24, 2.45) is 0 Å². The predicted octanol–water partition coefficient (Wildman–Crippen LogP) is 9.51. The minimum atomic E-state index is -4.73. The molecule has 0 unspecified atom stereocenters. The highest BCUT2D eigenvalue weighted by Gasteiger charge is 2.22. The maximum Gasteiger partial charge on any atom is 0.469 e. The number of carbonyl (C=O) groups excluding carboxylic acids is 2. The van der Waals surface area contributed by atoms with Crippen LogP contribution in [0.5, 0.6) is 0 Å². The summed E-state index contributed by atoms with van der Waals surface area (Å²) in [7, 11) is -4.73. The summed E-state index contributed by atoms with van der Waals surface area (Å²) in [6.07, 6.45) is 29.6. The lowest BCUT2D eigenvalue weighted by Crippen LogP contribution is -2.29. The number of rotatable bonds is 31. The second-order valence-electron chi connectivity index (χ2n) is 11.5. The van der Waals surface area contributed by atoms with Gasteiger partial charge in [-0.05, 0) is 38.5 Å². The maximum absolute atomic E-state index is 12.2. The molecule has 0 spiro atoms. The van der Waals surface area contributed by atoms with Crippen molar-refractivity contribution in [2.75, 3.05) is 13.2 Å². The van der Waals surface area contributed by atoms with E-state index in [1.165, 1.54) is 96.3 Å². The van der Waals surface area contributed by atoms with Crippen LogP contribution >= 0.6 is 7.82 Å². The molecule has 248 valence electrons. The number of phosphoric ester groups is 1. The zero-order valence-electron chi connectivity index (χ0n) is 26.9. The Labute approximate surface area is 257 Å². The normalized spacial score (nSPS) is 12.6. The third-order valence-electron chi connectivity index (χ3n) is 7.28. The fourth-order valence-electron chi connectivity index (χ4n) is 4.72. The van der Waals surface area contributed by atoms with E-state index in [0.717, 1.165) is 38.5 Å². The van der Waals surface area contributed by atoms with Gasteiger partial charge >= 0.3 is 19.8 Å². The molecule has 0 aromatic carbocycles. The fourth-order valence-corrected chi connectivity index (χ4v) is 5.08. The summed E-state index contributed by atoms with van der Waals surface area (Å²) in [5, 5.41) is 0. The summed E-state index contributed by atoms with van der Waals surface area (Å²) >= 11 is 0. The topological polar surface area (TPSA) is 119 Å². The number of esters is 2. The number of hydrogen-bond acceptors (Lipinski definition) is 6. The van der Waals surface area contributed by atoms with Crippen LogP contribution < -0.4 is 0 Å². The van der Waals surface area contributed by atoms with Crippen molar-refractivity contribution >= 4 is 19.8 Å². The van der Waals surface area contributed by atoms with E-state index in [1.807, 2.05) is 0 Å². The van der Waals surface area contributed by atoms with Gasteiger partial charge in [0, 0.05) is 12.8 Å². The van der Waals surface area contributed by atoms with E-state index in [4.69, 9.17) is 19.3 Å². The van der Waals surface area contributed by atoms with Gasteiger partial charge in [0.1, 0.15) is 6.61 Å². The first-order valence-corrected chi connectivity index (χ1v) is 18.5. The largest absolute Gasteiger partial charge is 0.469 e. The predicted molar refractivity (Wildman–Crippen MR) is 170 cm³/mol. The van der Waals surface area contributed by atoms with Gasteiger partial charge in [-0.1, -0.05) is 129 Å². The van der Waals surface area contributed by atoms with Crippen molar-refractivity contribution in [1.29, 1.82) is 0 Å². The number of allylic oxidation sites excluding steroid dienone is 2. The van der Waals surface area contributed by atoms with Crippen molar-refractivity contribution in [3.8, 4) is 0 Å². The average molecular weight is 619 g/mol. The lowest BCUT2D eigenvalue weighted by atomic mass is 10.1. The van der Waals surface area contributed by atoms with E-state index in [1.54, 1.807) is 0 Å². The molecular weight excluding hydrogens is 555 g/mol. The van der Waals surface area contributed by atoms with Crippen LogP contribution in [0.2, 0.25) is 0 Å². The zero-order chi connectivity index (χ0) is 31.2. The van der Waals surface area contributed by atoms with Gasteiger partial charge in [0.05, 0.1) is 6.61 Å². The highest BCUT2D eigenvalue weighted by Crippen LogP contribution is 2.35. The molecule has 0 aromatic heterocycles. The molecule has 0 heterocycles. The Hall–Kier alpha value is -1.21. The van der Waals surface area contributed by atoms with Crippen LogP contribution in [0.1, 0.15) is 168 Å². The highest BCUT2D eigenvalue weighted by atomic mass is 31.2. The summed E-state index contributed by atoms with van der Waals surface area (Å²) in [5.74, 6) is -0.891. The van der Waals surface area contributed by atoms with E-state index >= 15 is 0 Å². The monoisotopic (exact) mass is 618 g/mol. The number of unbranched alkanes of at least 4 members (excludes halogenated alkanes) is 19. The summed E-state index contributed by atoms with van der Waals surface area (Å²) in [6, 6.07) is 0. The summed E-state index contributed by atoms with van der Waals surface area (Å²) in [5.41, 5.74) is 0. The van der Waals surface area contributed by atoms with E-state index in [0.29, 0.717) is 6.42 Å². The van der Waals surface area contributed by atoms with Gasteiger partial charge in [-0.15, -0.1) is 0 Å². The molecule has 0 saturated heterocycles. The van der Waals surface area contributed by atoms with Crippen molar-refractivity contribution < 1.29 is 37.9 Å². The first-order chi connectivity index (χ1) is 20.3. The fraction of sp³-hybridized carbons (Fsp3) is 0.879. The first kappa shape index (κ1) is 40.8. The van der Waals surface area contributed by atoms with Crippen LogP contribution in [0, 0.1) is 0 Å². The first-order valence-electron chi connectivity index (χ1n) is 17.0. The number of ether oxygens (including phenoxy) is 2. The zero-order valence-corrected chi connectivity index (χ0v) is 27.8. The van der Waals surface area contributed by atoms with E-state index < -0.39 is 32.5 Å². The van der Waals surface area contributed by atoms with Crippen molar-refractivity contribution in [2.45, 2.75) is 174 Å². The van der Waals surface area contributed by atoms with Crippen molar-refractivity contribution in [1.82, 2.24) is 0 Å². The molecule has 9 heteroatoms. The van der Waals surface area contributed by atoms with Crippen LogP contribution in [0.15, 0.2) is 12.2 Å². The standard InChI is InChI=1S/C33H63O8P/c1-3-5-7-9-11-12-13-14-15-16-17-18-19-20-22-23-25-27-32(34)39-29-31(30-40-42(36,37)38)41-33(35)28-26-24-21-10-8-6-4-2/h12-13,31H,3-11,14-30H2,1-2H3,(H2,36,37,38)/b13-12+/t31-/m1/s1. The molecule has 0 aliphatic rings. The van der Waals surface area contributed by atoms with Crippen molar-refractivity contribution in [3.63, 3.8) is 0 Å².